The monoisotopic (exact) mass is 505 g/mol. The fraction of sp³-hybridized carbons (Fsp3) is 0.423. The van der Waals surface area contributed by atoms with Crippen LogP contribution in [0.5, 0.6) is 5.75 Å². The molecule has 2 rings (SSSR count). The molecule has 194 valence electrons. The number of hydrogen-bond acceptors (Lipinski definition) is 5. The van der Waals surface area contributed by atoms with Crippen LogP contribution in [-0.2, 0) is 28.7 Å². The topological polar surface area (TPSA) is 97.7 Å². The van der Waals surface area contributed by atoms with E-state index < -0.39 is 22.2 Å². The Morgan fingerprint density at radius 3 is 2.42 bits per heavy atom. The largest absolute Gasteiger partial charge is 0.496 e. The lowest BCUT2D eigenvalue weighted by Gasteiger charge is -2.28. The first-order valence-electron chi connectivity index (χ1n) is 11.7. The minimum Gasteiger partial charge on any atom is -0.496 e. The Bertz CT molecular complexity index is 1140. The van der Waals surface area contributed by atoms with E-state index >= 15 is 0 Å². The number of guanidine groups is 1. The molecule has 0 aliphatic heterocycles. The van der Waals surface area contributed by atoms with E-state index in [0.717, 1.165) is 12.1 Å². The van der Waals surface area contributed by atoms with Crippen LogP contribution in [0.1, 0.15) is 43.9 Å². The van der Waals surface area contributed by atoms with Crippen molar-refractivity contribution in [3.05, 3.63) is 53.1 Å². The minimum atomic E-state index is -4.58. The van der Waals surface area contributed by atoms with Gasteiger partial charge in [-0.15, -0.1) is 5.26 Å². The van der Waals surface area contributed by atoms with Crippen LogP contribution >= 0.6 is 0 Å². The van der Waals surface area contributed by atoms with Gasteiger partial charge in [-0.3, -0.25) is 4.79 Å². The molecule has 7 nitrogen and oxygen atoms in total. The normalized spacial score (nSPS) is 13.6. The number of methoxy groups -OCH3 is 1. The first kappa shape index (κ1) is 28.7. The molecular weight excluding hydrogens is 473 g/mol. The number of halogens is 3. The van der Waals surface area contributed by atoms with Gasteiger partial charge in [-0.25, -0.2) is 4.99 Å². The van der Waals surface area contributed by atoms with Crippen molar-refractivity contribution in [1.29, 1.82) is 5.26 Å². The van der Waals surface area contributed by atoms with Gasteiger partial charge in [-0.05, 0) is 55.7 Å². The lowest BCUT2D eigenvalue weighted by Crippen LogP contribution is -2.52. The average molecular weight is 506 g/mol. The Labute approximate surface area is 209 Å². The third kappa shape index (κ3) is 6.76. The number of quaternary nitrogens is 1. The molecule has 1 unspecified atom stereocenters. The highest BCUT2D eigenvalue weighted by Crippen LogP contribution is 2.38. The molecule has 0 radical (unpaired) electrons. The summed E-state index contributed by atoms with van der Waals surface area (Å²) in [5, 5.41) is 10.1. The molecule has 0 spiro atoms. The minimum absolute atomic E-state index is 0.00934. The number of carbonyl (C=O) groups is 1. The SMILES string of the molecule is CCCN=C(N)[N+](C#N)(CC)Cc1cc(C(F)(F)F)ccc1-c1cc(CC(=O)OCC)ccc1OC. The summed E-state index contributed by atoms with van der Waals surface area (Å²) in [6, 6.07) is 8.39. The molecule has 0 saturated heterocycles. The number of aliphatic imine (C=N–C) groups is 1. The summed E-state index contributed by atoms with van der Waals surface area (Å²) in [6.07, 6.45) is -1.74. The van der Waals surface area contributed by atoms with Crippen LogP contribution in [0.3, 0.4) is 0 Å². The predicted octanol–water partition coefficient (Wildman–Crippen LogP) is 5.03. The Morgan fingerprint density at radius 1 is 1.14 bits per heavy atom. The van der Waals surface area contributed by atoms with Gasteiger partial charge in [0.05, 0.1) is 32.2 Å². The number of nitrogens with zero attached hydrogens (tertiary/aromatic N) is 3. The number of carbonyl (C=O) groups excluding carboxylic acids is 1. The maximum Gasteiger partial charge on any atom is 0.416 e. The standard InChI is InChI=1S/C26H32F3N4O3/c1-5-12-32-25(31)33(6-2,17-30)16-19-15-20(26(27,28)29)9-10-21(19)22-13-18(8-11-23(22)35-4)14-24(34)36-7-3/h8-11,13,15H,5-7,12,14,16H2,1-4H3,(H2,31,32)/q+1. The first-order chi connectivity index (χ1) is 17.0. The molecule has 1 atom stereocenters. The van der Waals surface area contributed by atoms with E-state index in [0.29, 0.717) is 35.4 Å². The van der Waals surface area contributed by atoms with Crippen molar-refractivity contribution in [2.24, 2.45) is 10.7 Å². The van der Waals surface area contributed by atoms with E-state index in [1.165, 1.54) is 13.2 Å². The highest BCUT2D eigenvalue weighted by molar-refractivity contribution is 5.78. The molecule has 0 amide bonds. The molecule has 36 heavy (non-hydrogen) atoms. The Morgan fingerprint density at radius 2 is 1.86 bits per heavy atom. The molecule has 2 aromatic rings. The van der Waals surface area contributed by atoms with Crippen molar-refractivity contribution < 1.29 is 31.9 Å². The van der Waals surface area contributed by atoms with Crippen LogP contribution in [0, 0.1) is 11.5 Å². The molecule has 2 N–H and O–H groups in total. The molecule has 0 aliphatic rings. The second kappa shape index (κ2) is 12.4. The highest BCUT2D eigenvalue weighted by atomic mass is 19.4. The molecule has 0 saturated carbocycles. The van der Waals surface area contributed by atoms with Crippen molar-refractivity contribution in [3.8, 4) is 23.1 Å². The van der Waals surface area contributed by atoms with Gasteiger partial charge in [0.15, 0.2) is 0 Å². The Balaban J connectivity index is 2.73. The predicted molar refractivity (Wildman–Crippen MR) is 131 cm³/mol. The van der Waals surface area contributed by atoms with Gasteiger partial charge in [-0.1, -0.05) is 19.1 Å². The molecule has 0 fully saturated rings. The first-order valence-corrected chi connectivity index (χ1v) is 11.7. The van der Waals surface area contributed by atoms with Crippen molar-refractivity contribution in [3.63, 3.8) is 0 Å². The van der Waals surface area contributed by atoms with E-state index in [2.05, 4.69) is 11.2 Å². The fourth-order valence-electron chi connectivity index (χ4n) is 3.78. The van der Waals surface area contributed by atoms with Gasteiger partial charge in [0.1, 0.15) is 12.3 Å². The smallest absolute Gasteiger partial charge is 0.416 e. The molecular formula is C26H32F3N4O3+. The quantitative estimate of drug-likeness (QED) is 0.161. The third-order valence-corrected chi connectivity index (χ3v) is 5.75. The van der Waals surface area contributed by atoms with E-state index in [-0.39, 0.29) is 37.6 Å². The zero-order chi connectivity index (χ0) is 26.9. The second-order valence-corrected chi connectivity index (χ2v) is 8.17. The fourth-order valence-corrected chi connectivity index (χ4v) is 3.78. The van der Waals surface area contributed by atoms with Crippen LogP contribution in [0.4, 0.5) is 13.2 Å². The summed E-state index contributed by atoms with van der Waals surface area (Å²) in [4.78, 5) is 16.3. The number of esters is 1. The van der Waals surface area contributed by atoms with Crippen LogP contribution in [0.25, 0.3) is 11.1 Å². The second-order valence-electron chi connectivity index (χ2n) is 8.17. The summed E-state index contributed by atoms with van der Waals surface area (Å²) < 4.78 is 51.0. The van der Waals surface area contributed by atoms with Crippen molar-refractivity contribution in [2.45, 2.75) is 46.3 Å². The summed E-state index contributed by atoms with van der Waals surface area (Å²) in [5.74, 6) is 0.0170. The van der Waals surface area contributed by atoms with Gasteiger partial charge >= 0.3 is 24.3 Å². The van der Waals surface area contributed by atoms with Gasteiger partial charge in [-0.2, -0.15) is 17.7 Å². The van der Waals surface area contributed by atoms with Crippen molar-refractivity contribution >= 4 is 11.9 Å². The van der Waals surface area contributed by atoms with E-state index in [9.17, 15) is 23.2 Å². The van der Waals surface area contributed by atoms with E-state index in [1.807, 2.05) is 6.92 Å². The molecule has 0 bridgehead atoms. The number of benzene rings is 2. The van der Waals surface area contributed by atoms with Crippen molar-refractivity contribution in [1.82, 2.24) is 0 Å². The van der Waals surface area contributed by atoms with Crippen molar-refractivity contribution in [2.75, 3.05) is 26.8 Å². The molecule has 0 heterocycles. The lowest BCUT2D eigenvalue weighted by molar-refractivity contribution is -0.787. The lowest BCUT2D eigenvalue weighted by atomic mass is 9.94. The Hall–Kier alpha value is -3.58. The zero-order valence-corrected chi connectivity index (χ0v) is 21.0. The van der Waals surface area contributed by atoms with Gasteiger partial charge in [0.25, 0.3) is 0 Å². The number of nitrogens with two attached hydrogens (primary N) is 1. The summed E-state index contributed by atoms with van der Waals surface area (Å²) in [7, 11) is 1.45. The number of alkyl halides is 3. The number of ether oxygens (including phenoxy) is 2. The summed E-state index contributed by atoms with van der Waals surface area (Å²) in [5.41, 5.74) is 7.11. The summed E-state index contributed by atoms with van der Waals surface area (Å²) >= 11 is 0. The molecule has 2 aromatic carbocycles. The highest BCUT2D eigenvalue weighted by Gasteiger charge is 2.36. The van der Waals surface area contributed by atoms with Gasteiger partial charge < -0.3 is 15.2 Å². The number of hydrogen-bond donors (Lipinski definition) is 1. The molecule has 0 aliphatic carbocycles. The zero-order valence-electron chi connectivity index (χ0n) is 21.0. The van der Waals surface area contributed by atoms with E-state index in [1.54, 1.807) is 32.0 Å². The average Bonchev–Trinajstić information content (AvgIpc) is 2.85. The van der Waals surface area contributed by atoms with E-state index in [4.69, 9.17) is 15.2 Å². The van der Waals surface area contributed by atoms with Crippen LogP contribution in [0.2, 0.25) is 0 Å². The number of nitriles is 1. The molecule has 10 heteroatoms. The molecule has 0 aromatic heterocycles. The summed E-state index contributed by atoms with van der Waals surface area (Å²) in [6.45, 7) is 6.02. The maximum absolute atomic E-state index is 13.7. The van der Waals surface area contributed by atoms with Gasteiger partial charge in [0, 0.05) is 17.7 Å². The number of rotatable bonds is 10. The third-order valence-electron chi connectivity index (χ3n) is 5.75. The van der Waals surface area contributed by atoms with Crippen LogP contribution in [-0.4, -0.2) is 43.2 Å². The van der Waals surface area contributed by atoms with Gasteiger partial charge in [0.2, 0.25) is 0 Å². The maximum atomic E-state index is 13.7. The van der Waals surface area contributed by atoms with Crippen LogP contribution in [0.15, 0.2) is 41.4 Å². The van der Waals surface area contributed by atoms with Crippen LogP contribution < -0.4 is 10.5 Å². The Kier molecular flexibility index (Phi) is 9.87.